The molecule has 0 amide bonds. The van der Waals surface area contributed by atoms with Gasteiger partial charge in [0.05, 0.1) is 11.7 Å². The molecule has 168 valence electrons. The standard InChI is InChI=1S/C23H22FN7O2/c1-13(29(2)21-18-17(32)8-10-26-20(18)27-23(25)28-21)16-12-30-11-9-15(24)19(30)22(33)31(16)14-6-4-3-5-7-14/h3-7,9,11-13H,8,10H2,1-2H3,(H3,25,26,27,28)/t13-/m0/s1. The summed E-state index contributed by atoms with van der Waals surface area (Å²) < 4.78 is 17.4. The zero-order valence-corrected chi connectivity index (χ0v) is 18.1. The highest BCUT2D eigenvalue weighted by molar-refractivity contribution is 6.06. The number of ketones is 1. The van der Waals surface area contributed by atoms with Crippen molar-refractivity contribution >= 4 is 28.9 Å². The minimum atomic E-state index is -0.591. The van der Waals surface area contributed by atoms with Crippen molar-refractivity contribution in [3.8, 4) is 5.69 Å². The molecule has 3 aromatic heterocycles. The molecule has 0 spiro atoms. The van der Waals surface area contributed by atoms with Crippen molar-refractivity contribution < 1.29 is 9.18 Å². The topological polar surface area (TPSA) is 111 Å². The van der Waals surface area contributed by atoms with E-state index in [1.54, 1.807) is 30.3 Å². The molecule has 33 heavy (non-hydrogen) atoms. The Kier molecular flexibility index (Phi) is 4.85. The number of rotatable bonds is 4. The molecule has 4 aromatic rings. The highest BCUT2D eigenvalue weighted by Crippen LogP contribution is 2.33. The minimum Gasteiger partial charge on any atom is -0.369 e. The van der Waals surface area contributed by atoms with Gasteiger partial charge in [-0.15, -0.1) is 0 Å². The number of hydrogen-bond donors (Lipinski definition) is 2. The summed E-state index contributed by atoms with van der Waals surface area (Å²) in [5, 5.41) is 3.10. The second kappa shape index (κ2) is 7.73. The maximum atomic E-state index is 14.4. The lowest BCUT2D eigenvalue weighted by Gasteiger charge is -2.31. The fourth-order valence-corrected chi connectivity index (χ4v) is 4.21. The third-order valence-corrected chi connectivity index (χ3v) is 5.99. The molecule has 0 unspecified atom stereocenters. The molecule has 1 atom stereocenters. The van der Waals surface area contributed by atoms with E-state index in [9.17, 15) is 14.0 Å². The van der Waals surface area contributed by atoms with Crippen molar-refractivity contribution in [2.45, 2.75) is 19.4 Å². The van der Waals surface area contributed by atoms with Crippen LogP contribution in [0, 0.1) is 5.82 Å². The monoisotopic (exact) mass is 447 g/mol. The van der Waals surface area contributed by atoms with Crippen LogP contribution in [0.3, 0.4) is 0 Å². The molecule has 0 bridgehead atoms. The van der Waals surface area contributed by atoms with Crippen molar-refractivity contribution in [2.24, 2.45) is 0 Å². The van der Waals surface area contributed by atoms with Gasteiger partial charge < -0.3 is 20.4 Å². The lowest BCUT2D eigenvalue weighted by Crippen LogP contribution is -2.33. The summed E-state index contributed by atoms with van der Waals surface area (Å²) in [5.74, 6) is 0.130. The van der Waals surface area contributed by atoms with Crippen LogP contribution in [-0.4, -0.2) is 38.3 Å². The van der Waals surface area contributed by atoms with E-state index >= 15 is 0 Å². The number of carbonyl (C=O) groups is 1. The first-order valence-corrected chi connectivity index (χ1v) is 10.5. The average Bonchev–Trinajstić information content (AvgIpc) is 3.19. The van der Waals surface area contributed by atoms with Gasteiger partial charge in [-0.3, -0.25) is 14.2 Å². The molecule has 1 aliphatic rings. The lowest BCUT2D eigenvalue weighted by atomic mass is 10.0. The number of Topliss-reactive ketones (excluding diaryl/α,β-unsaturated/α-hetero) is 1. The van der Waals surface area contributed by atoms with Gasteiger partial charge in [0.1, 0.15) is 22.7 Å². The Balaban J connectivity index is 1.72. The van der Waals surface area contributed by atoms with Crippen LogP contribution < -0.4 is 21.5 Å². The fraction of sp³-hybridized carbons (Fsp3) is 0.217. The highest BCUT2D eigenvalue weighted by atomic mass is 19.1. The molecule has 0 aliphatic carbocycles. The summed E-state index contributed by atoms with van der Waals surface area (Å²) in [4.78, 5) is 36.4. The second-order valence-corrected chi connectivity index (χ2v) is 7.97. The van der Waals surface area contributed by atoms with Gasteiger partial charge in [0.2, 0.25) is 5.95 Å². The summed E-state index contributed by atoms with van der Waals surface area (Å²) in [6.07, 6.45) is 3.54. The number of para-hydroxylation sites is 1. The number of aromatic nitrogens is 4. The van der Waals surface area contributed by atoms with Gasteiger partial charge in [-0.25, -0.2) is 4.39 Å². The lowest BCUT2D eigenvalue weighted by molar-refractivity contribution is 0.0983. The maximum Gasteiger partial charge on any atom is 0.282 e. The number of anilines is 3. The van der Waals surface area contributed by atoms with Gasteiger partial charge in [-0.1, -0.05) is 18.2 Å². The molecule has 0 saturated carbocycles. The molecular formula is C23H22FN7O2. The Hall–Kier alpha value is -4.21. The van der Waals surface area contributed by atoms with Gasteiger partial charge >= 0.3 is 0 Å². The van der Waals surface area contributed by atoms with E-state index in [1.807, 2.05) is 25.1 Å². The number of carbonyl (C=O) groups excluding carboxylic acids is 1. The second-order valence-electron chi connectivity index (χ2n) is 7.97. The van der Waals surface area contributed by atoms with Crippen LogP contribution >= 0.6 is 0 Å². The number of hydrogen-bond acceptors (Lipinski definition) is 7. The first-order valence-electron chi connectivity index (χ1n) is 10.5. The third kappa shape index (κ3) is 3.30. The smallest absolute Gasteiger partial charge is 0.282 e. The predicted molar refractivity (Wildman–Crippen MR) is 124 cm³/mol. The normalized spacial score (nSPS) is 14.1. The summed E-state index contributed by atoms with van der Waals surface area (Å²) >= 11 is 0. The van der Waals surface area contributed by atoms with Gasteiger partial charge in [0, 0.05) is 38.1 Å². The first-order chi connectivity index (χ1) is 15.9. The van der Waals surface area contributed by atoms with E-state index in [-0.39, 0.29) is 17.2 Å². The number of nitrogens with two attached hydrogens (primary N) is 1. The minimum absolute atomic E-state index is 0.0355. The molecule has 0 fully saturated rings. The summed E-state index contributed by atoms with van der Waals surface area (Å²) in [5.41, 5.74) is 6.95. The number of fused-ring (bicyclic) bond motifs is 2. The molecule has 9 nitrogen and oxygen atoms in total. The molecule has 3 N–H and O–H groups in total. The average molecular weight is 447 g/mol. The number of benzene rings is 1. The van der Waals surface area contributed by atoms with Crippen LogP contribution in [0.25, 0.3) is 11.2 Å². The van der Waals surface area contributed by atoms with Crippen molar-refractivity contribution in [1.29, 1.82) is 0 Å². The highest BCUT2D eigenvalue weighted by Gasteiger charge is 2.29. The van der Waals surface area contributed by atoms with Crippen molar-refractivity contribution in [3.63, 3.8) is 0 Å². The van der Waals surface area contributed by atoms with E-state index in [0.29, 0.717) is 41.5 Å². The van der Waals surface area contributed by atoms with Gasteiger partial charge in [-0.2, -0.15) is 9.97 Å². The van der Waals surface area contributed by atoms with Crippen LogP contribution in [-0.2, 0) is 0 Å². The Morgan fingerprint density at radius 3 is 2.70 bits per heavy atom. The zero-order chi connectivity index (χ0) is 23.3. The van der Waals surface area contributed by atoms with Crippen LogP contribution in [0.4, 0.5) is 22.0 Å². The van der Waals surface area contributed by atoms with E-state index in [2.05, 4.69) is 15.3 Å². The van der Waals surface area contributed by atoms with Crippen molar-refractivity contribution in [2.75, 3.05) is 29.5 Å². The van der Waals surface area contributed by atoms with Gasteiger partial charge in [0.25, 0.3) is 5.56 Å². The predicted octanol–water partition coefficient (Wildman–Crippen LogP) is 2.80. The Labute approximate surface area is 188 Å². The SMILES string of the molecule is C[C@@H](c1cn2ccc(F)c2c(=O)n1-c1ccccc1)N(C)c1nc(N)nc2c1C(=O)CCN2. The molecule has 4 heterocycles. The Morgan fingerprint density at radius 2 is 1.94 bits per heavy atom. The number of nitrogens with zero attached hydrogens (tertiary/aromatic N) is 5. The zero-order valence-electron chi connectivity index (χ0n) is 18.1. The summed E-state index contributed by atoms with van der Waals surface area (Å²) in [7, 11) is 1.77. The Morgan fingerprint density at radius 1 is 1.18 bits per heavy atom. The largest absolute Gasteiger partial charge is 0.369 e. The van der Waals surface area contributed by atoms with Crippen LogP contribution in [0.1, 0.15) is 35.4 Å². The van der Waals surface area contributed by atoms with E-state index in [0.717, 1.165) is 0 Å². The molecule has 10 heteroatoms. The van der Waals surface area contributed by atoms with Crippen LogP contribution in [0.5, 0.6) is 0 Å². The molecule has 1 aliphatic heterocycles. The van der Waals surface area contributed by atoms with Crippen molar-refractivity contribution in [3.05, 3.63) is 76.2 Å². The quantitative estimate of drug-likeness (QED) is 0.495. The van der Waals surface area contributed by atoms with Crippen LogP contribution in [0.15, 0.2) is 53.6 Å². The number of nitrogens with one attached hydrogen (secondary N) is 1. The van der Waals surface area contributed by atoms with Crippen LogP contribution in [0.2, 0.25) is 0 Å². The molecule has 0 saturated heterocycles. The van der Waals surface area contributed by atoms with Gasteiger partial charge in [-0.05, 0) is 25.1 Å². The molecule has 0 radical (unpaired) electrons. The fourth-order valence-electron chi connectivity index (χ4n) is 4.21. The number of nitrogen functional groups attached to an aromatic ring is 1. The Bertz CT molecular complexity index is 1440. The molecule has 5 rings (SSSR count). The first kappa shape index (κ1) is 20.7. The van der Waals surface area contributed by atoms with E-state index in [4.69, 9.17) is 5.73 Å². The third-order valence-electron chi connectivity index (χ3n) is 5.99. The maximum absolute atomic E-state index is 14.4. The van der Waals surface area contributed by atoms with E-state index < -0.39 is 17.4 Å². The number of halogens is 1. The van der Waals surface area contributed by atoms with Gasteiger partial charge in [0.15, 0.2) is 11.6 Å². The molecular weight excluding hydrogens is 425 g/mol. The van der Waals surface area contributed by atoms with E-state index in [1.165, 1.54) is 21.2 Å². The molecule has 1 aromatic carbocycles. The summed E-state index contributed by atoms with van der Waals surface area (Å²) in [6, 6.07) is 9.85. The summed E-state index contributed by atoms with van der Waals surface area (Å²) in [6.45, 7) is 2.36. The van der Waals surface area contributed by atoms with Crippen molar-refractivity contribution in [1.82, 2.24) is 18.9 Å².